The van der Waals surface area contributed by atoms with Gasteiger partial charge in [0.2, 0.25) is 0 Å². The highest BCUT2D eigenvalue weighted by atomic mass is 16.5. The molecule has 1 saturated heterocycles. The van der Waals surface area contributed by atoms with Gasteiger partial charge in [0.25, 0.3) is 0 Å². The van der Waals surface area contributed by atoms with Crippen molar-refractivity contribution in [2.45, 2.75) is 13.8 Å². The minimum atomic E-state index is -0.0710. The van der Waals surface area contributed by atoms with E-state index in [4.69, 9.17) is 4.74 Å². The second-order valence-electron chi connectivity index (χ2n) is 7.02. The first-order chi connectivity index (χ1) is 12.6. The van der Waals surface area contributed by atoms with E-state index in [1.165, 1.54) is 0 Å². The molecule has 0 aliphatic carbocycles. The molecule has 5 nitrogen and oxygen atoms in total. The molecule has 2 amide bonds. The Bertz CT molecular complexity index is 710. The van der Waals surface area contributed by atoms with Gasteiger partial charge in [0, 0.05) is 32.7 Å². The molecule has 1 fully saturated rings. The van der Waals surface area contributed by atoms with Crippen LogP contribution in [0.4, 0.5) is 10.5 Å². The molecule has 1 N–H and O–H groups in total. The maximum absolute atomic E-state index is 12.6. The van der Waals surface area contributed by atoms with Crippen molar-refractivity contribution in [1.82, 2.24) is 9.80 Å². The van der Waals surface area contributed by atoms with Crippen molar-refractivity contribution in [3.05, 3.63) is 54.6 Å². The molecule has 1 heterocycles. The number of para-hydroxylation sites is 3. The van der Waals surface area contributed by atoms with Crippen LogP contribution in [0.3, 0.4) is 0 Å². The lowest BCUT2D eigenvalue weighted by Gasteiger charge is -2.35. The summed E-state index contributed by atoms with van der Waals surface area (Å²) in [5.74, 6) is 2.04. The van der Waals surface area contributed by atoms with Gasteiger partial charge in [-0.15, -0.1) is 0 Å². The normalized spacial score (nSPS) is 15.1. The Labute approximate surface area is 155 Å². The third-order valence-corrected chi connectivity index (χ3v) is 4.38. The first-order valence-electron chi connectivity index (χ1n) is 9.22. The van der Waals surface area contributed by atoms with E-state index in [0.717, 1.165) is 38.5 Å². The molecule has 3 rings (SSSR count). The molecule has 0 atom stereocenters. The summed E-state index contributed by atoms with van der Waals surface area (Å²) in [4.78, 5) is 16.9. The summed E-state index contributed by atoms with van der Waals surface area (Å²) >= 11 is 0. The molecule has 0 spiro atoms. The summed E-state index contributed by atoms with van der Waals surface area (Å²) in [6.45, 7) is 8.89. The molecule has 0 unspecified atom stereocenters. The van der Waals surface area contributed by atoms with Gasteiger partial charge in [-0.2, -0.15) is 0 Å². The largest absolute Gasteiger partial charge is 0.455 e. The molecular formula is C21H27N3O2. The zero-order chi connectivity index (χ0) is 18.4. The fraction of sp³-hybridized carbons (Fsp3) is 0.381. The van der Waals surface area contributed by atoms with Gasteiger partial charge in [0.05, 0.1) is 5.69 Å². The summed E-state index contributed by atoms with van der Waals surface area (Å²) in [6.07, 6.45) is 0. The molecule has 0 aromatic heterocycles. The van der Waals surface area contributed by atoms with Crippen LogP contribution in [0.1, 0.15) is 13.8 Å². The van der Waals surface area contributed by atoms with Gasteiger partial charge in [0.15, 0.2) is 5.75 Å². The number of nitrogens with one attached hydrogen (secondary N) is 1. The Kier molecular flexibility index (Phi) is 6.12. The monoisotopic (exact) mass is 353 g/mol. The molecule has 1 aliphatic heterocycles. The summed E-state index contributed by atoms with van der Waals surface area (Å²) in [5, 5.41) is 3.00. The lowest BCUT2D eigenvalue weighted by Crippen LogP contribution is -2.50. The summed E-state index contributed by atoms with van der Waals surface area (Å²) in [5.41, 5.74) is 0.686. The number of benzene rings is 2. The zero-order valence-corrected chi connectivity index (χ0v) is 15.5. The van der Waals surface area contributed by atoms with Crippen LogP contribution >= 0.6 is 0 Å². The van der Waals surface area contributed by atoms with Crippen molar-refractivity contribution < 1.29 is 9.53 Å². The van der Waals surface area contributed by atoms with Gasteiger partial charge < -0.3 is 15.0 Å². The number of carbonyl (C=O) groups excluding carboxylic acids is 1. The highest BCUT2D eigenvalue weighted by Crippen LogP contribution is 2.29. The first kappa shape index (κ1) is 18.3. The number of anilines is 1. The lowest BCUT2D eigenvalue weighted by atomic mass is 10.2. The molecule has 0 radical (unpaired) electrons. The van der Waals surface area contributed by atoms with Gasteiger partial charge >= 0.3 is 6.03 Å². The lowest BCUT2D eigenvalue weighted by molar-refractivity contribution is 0.138. The second kappa shape index (κ2) is 8.72. The minimum Gasteiger partial charge on any atom is -0.455 e. The number of nitrogens with zero attached hydrogens (tertiary/aromatic N) is 2. The van der Waals surface area contributed by atoms with E-state index in [9.17, 15) is 4.79 Å². The van der Waals surface area contributed by atoms with Gasteiger partial charge in [0.1, 0.15) is 5.75 Å². The Balaban J connectivity index is 1.60. The summed E-state index contributed by atoms with van der Waals surface area (Å²) in [6, 6.07) is 17.0. The van der Waals surface area contributed by atoms with E-state index in [-0.39, 0.29) is 6.03 Å². The highest BCUT2D eigenvalue weighted by molar-refractivity contribution is 5.91. The van der Waals surface area contributed by atoms with Gasteiger partial charge in [-0.05, 0) is 30.2 Å². The number of piperazine rings is 1. The number of hydrogen-bond acceptors (Lipinski definition) is 3. The van der Waals surface area contributed by atoms with Crippen LogP contribution in [-0.4, -0.2) is 48.6 Å². The van der Waals surface area contributed by atoms with Crippen LogP contribution in [0, 0.1) is 5.92 Å². The third kappa shape index (κ3) is 4.99. The minimum absolute atomic E-state index is 0.0710. The van der Waals surface area contributed by atoms with E-state index in [2.05, 4.69) is 24.1 Å². The van der Waals surface area contributed by atoms with Gasteiger partial charge in [-0.3, -0.25) is 4.90 Å². The van der Waals surface area contributed by atoms with Crippen LogP contribution in [0.15, 0.2) is 54.6 Å². The van der Waals surface area contributed by atoms with Crippen molar-refractivity contribution in [3.63, 3.8) is 0 Å². The average molecular weight is 353 g/mol. The summed E-state index contributed by atoms with van der Waals surface area (Å²) in [7, 11) is 0. The van der Waals surface area contributed by atoms with Gasteiger partial charge in [-0.1, -0.05) is 44.2 Å². The predicted molar refractivity (Wildman–Crippen MR) is 105 cm³/mol. The van der Waals surface area contributed by atoms with E-state index in [0.29, 0.717) is 17.4 Å². The Morgan fingerprint density at radius 2 is 1.65 bits per heavy atom. The Morgan fingerprint density at radius 1 is 1.00 bits per heavy atom. The Hall–Kier alpha value is -2.53. The predicted octanol–water partition coefficient (Wildman–Crippen LogP) is 4.28. The molecule has 26 heavy (non-hydrogen) atoms. The van der Waals surface area contributed by atoms with E-state index in [1.54, 1.807) is 0 Å². The molecular weight excluding hydrogens is 326 g/mol. The third-order valence-electron chi connectivity index (χ3n) is 4.38. The molecule has 2 aromatic carbocycles. The van der Waals surface area contributed by atoms with E-state index < -0.39 is 0 Å². The average Bonchev–Trinajstić information content (AvgIpc) is 2.64. The van der Waals surface area contributed by atoms with Crippen LogP contribution in [0.25, 0.3) is 0 Å². The molecule has 0 bridgehead atoms. The van der Waals surface area contributed by atoms with Crippen molar-refractivity contribution in [2.24, 2.45) is 5.92 Å². The molecule has 1 aliphatic rings. The fourth-order valence-corrected chi connectivity index (χ4v) is 3.12. The second-order valence-corrected chi connectivity index (χ2v) is 7.02. The SMILES string of the molecule is CC(C)CN1CCN(C(=O)Nc2ccccc2Oc2ccccc2)CC1. The Morgan fingerprint density at radius 3 is 2.35 bits per heavy atom. The van der Waals surface area contributed by atoms with E-state index in [1.807, 2.05) is 59.5 Å². The maximum atomic E-state index is 12.6. The smallest absolute Gasteiger partial charge is 0.322 e. The maximum Gasteiger partial charge on any atom is 0.322 e. The van der Waals surface area contributed by atoms with E-state index >= 15 is 0 Å². The van der Waals surface area contributed by atoms with Crippen molar-refractivity contribution in [2.75, 3.05) is 38.0 Å². The van der Waals surface area contributed by atoms with Crippen LogP contribution < -0.4 is 10.1 Å². The van der Waals surface area contributed by atoms with Crippen molar-refractivity contribution in [1.29, 1.82) is 0 Å². The summed E-state index contributed by atoms with van der Waals surface area (Å²) < 4.78 is 5.92. The highest BCUT2D eigenvalue weighted by Gasteiger charge is 2.22. The van der Waals surface area contributed by atoms with Crippen LogP contribution in [0.2, 0.25) is 0 Å². The van der Waals surface area contributed by atoms with Crippen LogP contribution in [0.5, 0.6) is 11.5 Å². The number of ether oxygens (including phenoxy) is 1. The number of urea groups is 1. The fourth-order valence-electron chi connectivity index (χ4n) is 3.12. The molecule has 5 heteroatoms. The number of amides is 2. The number of rotatable bonds is 5. The van der Waals surface area contributed by atoms with Gasteiger partial charge in [-0.25, -0.2) is 4.79 Å². The standard InChI is InChI=1S/C21H27N3O2/c1-17(2)16-23-12-14-24(15-13-23)21(25)22-19-10-6-7-11-20(19)26-18-8-4-3-5-9-18/h3-11,17H,12-16H2,1-2H3,(H,22,25). The zero-order valence-electron chi connectivity index (χ0n) is 15.5. The first-order valence-corrected chi connectivity index (χ1v) is 9.22. The molecule has 0 saturated carbocycles. The topological polar surface area (TPSA) is 44.8 Å². The quantitative estimate of drug-likeness (QED) is 0.872. The number of hydrogen-bond donors (Lipinski definition) is 1. The van der Waals surface area contributed by atoms with Crippen molar-refractivity contribution >= 4 is 11.7 Å². The molecule has 2 aromatic rings. The number of carbonyl (C=O) groups is 1. The molecule has 138 valence electrons. The van der Waals surface area contributed by atoms with Crippen LogP contribution in [-0.2, 0) is 0 Å². The van der Waals surface area contributed by atoms with Crippen molar-refractivity contribution in [3.8, 4) is 11.5 Å².